The second-order valence-corrected chi connectivity index (χ2v) is 5.12. The van der Waals surface area contributed by atoms with Gasteiger partial charge >= 0.3 is 0 Å². The van der Waals surface area contributed by atoms with Crippen LogP contribution in [-0.2, 0) is 4.74 Å². The van der Waals surface area contributed by atoms with Crippen molar-refractivity contribution in [2.75, 3.05) is 6.61 Å². The smallest absolute Gasteiger partial charge is 0.128 e. The number of ether oxygens (including phenoxy) is 2. The molecule has 0 aromatic heterocycles. The van der Waals surface area contributed by atoms with Crippen LogP contribution in [0.3, 0.4) is 0 Å². The van der Waals surface area contributed by atoms with Crippen molar-refractivity contribution in [2.45, 2.75) is 44.3 Å². The first kappa shape index (κ1) is 12.7. The topological polar surface area (TPSA) is 18.5 Å². The molecule has 0 spiro atoms. The van der Waals surface area contributed by atoms with Crippen molar-refractivity contribution in [1.29, 1.82) is 0 Å². The number of hydrogen-bond donors (Lipinski definition) is 0. The Morgan fingerprint density at radius 1 is 1.29 bits per heavy atom. The average molecular weight is 255 g/mol. The Morgan fingerprint density at radius 2 is 2.00 bits per heavy atom. The molecule has 1 aromatic carbocycles. The summed E-state index contributed by atoms with van der Waals surface area (Å²) in [5.74, 6) is 0.897. The molecule has 0 saturated heterocycles. The van der Waals surface area contributed by atoms with Gasteiger partial charge in [0.1, 0.15) is 18.0 Å². The van der Waals surface area contributed by atoms with Gasteiger partial charge < -0.3 is 9.47 Å². The highest BCUT2D eigenvalue weighted by atomic mass is 35.5. The average Bonchev–Trinajstić information content (AvgIpc) is 2.31. The van der Waals surface area contributed by atoms with Crippen LogP contribution in [0.15, 0.2) is 24.3 Å². The lowest BCUT2D eigenvalue weighted by molar-refractivity contribution is -0.0797. The monoisotopic (exact) mass is 254 g/mol. The summed E-state index contributed by atoms with van der Waals surface area (Å²) >= 11 is 6.13. The maximum absolute atomic E-state index is 6.13. The first-order valence-corrected chi connectivity index (χ1v) is 6.63. The Bertz CT molecular complexity index is 350. The van der Waals surface area contributed by atoms with Crippen LogP contribution >= 0.6 is 11.6 Å². The van der Waals surface area contributed by atoms with Gasteiger partial charge in [0.2, 0.25) is 0 Å². The fourth-order valence-corrected chi connectivity index (χ4v) is 2.31. The summed E-state index contributed by atoms with van der Waals surface area (Å²) in [6.07, 6.45) is 2.02. The molecule has 0 bridgehead atoms. The zero-order chi connectivity index (χ0) is 12.3. The minimum atomic E-state index is 0.0397. The maximum Gasteiger partial charge on any atom is 0.128 e. The molecule has 1 fully saturated rings. The van der Waals surface area contributed by atoms with E-state index >= 15 is 0 Å². The van der Waals surface area contributed by atoms with Crippen LogP contribution in [0, 0.1) is 6.92 Å². The molecule has 17 heavy (non-hydrogen) atoms. The summed E-state index contributed by atoms with van der Waals surface area (Å²) in [6, 6.07) is 8.09. The van der Waals surface area contributed by atoms with Crippen molar-refractivity contribution in [1.82, 2.24) is 0 Å². The van der Waals surface area contributed by atoms with Gasteiger partial charge in [-0.3, -0.25) is 0 Å². The van der Waals surface area contributed by atoms with Crippen LogP contribution < -0.4 is 4.74 Å². The van der Waals surface area contributed by atoms with Gasteiger partial charge in [-0.15, -0.1) is 11.6 Å². The number of aryl methyl sites for hydroxylation is 1. The van der Waals surface area contributed by atoms with E-state index in [1.807, 2.05) is 24.3 Å². The van der Waals surface area contributed by atoms with E-state index in [0.29, 0.717) is 0 Å². The SMILES string of the molecule is CCCOC1C(Cl)CC1Oc1ccc(C)cc1. The Balaban J connectivity index is 1.88. The van der Waals surface area contributed by atoms with Crippen molar-refractivity contribution in [3.05, 3.63) is 29.8 Å². The van der Waals surface area contributed by atoms with Crippen molar-refractivity contribution in [2.24, 2.45) is 0 Å². The summed E-state index contributed by atoms with van der Waals surface area (Å²) in [6.45, 7) is 4.91. The van der Waals surface area contributed by atoms with Crippen LogP contribution in [0.25, 0.3) is 0 Å². The fourth-order valence-electron chi connectivity index (χ4n) is 1.90. The van der Waals surface area contributed by atoms with Gasteiger partial charge in [-0.2, -0.15) is 0 Å². The third-order valence-corrected chi connectivity index (χ3v) is 3.43. The molecule has 94 valence electrons. The van der Waals surface area contributed by atoms with Gasteiger partial charge in [0.15, 0.2) is 0 Å². The van der Waals surface area contributed by atoms with E-state index in [4.69, 9.17) is 21.1 Å². The van der Waals surface area contributed by atoms with Gasteiger partial charge in [0, 0.05) is 13.0 Å². The standard InChI is InChI=1S/C14H19ClO2/c1-3-8-16-14-12(15)9-13(14)17-11-6-4-10(2)5-7-11/h4-7,12-14H,3,8-9H2,1-2H3. The summed E-state index contributed by atoms with van der Waals surface area (Å²) in [4.78, 5) is 0. The highest BCUT2D eigenvalue weighted by molar-refractivity contribution is 6.21. The summed E-state index contributed by atoms with van der Waals surface area (Å²) < 4.78 is 11.6. The van der Waals surface area contributed by atoms with Gasteiger partial charge in [0.05, 0.1) is 5.38 Å². The quantitative estimate of drug-likeness (QED) is 0.749. The number of alkyl halides is 1. The van der Waals surface area contributed by atoms with E-state index in [1.54, 1.807) is 0 Å². The van der Waals surface area contributed by atoms with Crippen LogP contribution in [0.1, 0.15) is 25.3 Å². The van der Waals surface area contributed by atoms with Crippen LogP contribution in [0.4, 0.5) is 0 Å². The normalized spacial score (nSPS) is 27.6. The first-order valence-electron chi connectivity index (χ1n) is 6.19. The predicted octanol–water partition coefficient (Wildman–Crippen LogP) is 3.55. The molecular weight excluding hydrogens is 236 g/mol. The minimum absolute atomic E-state index is 0.0397. The molecule has 0 aliphatic heterocycles. The van der Waals surface area contributed by atoms with E-state index in [2.05, 4.69) is 13.8 Å². The second kappa shape index (κ2) is 5.74. The first-order chi connectivity index (χ1) is 8.20. The highest BCUT2D eigenvalue weighted by Gasteiger charge is 2.42. The third-order valence-electron chi connectivity index (χ3n) is 3.00. The Morgan fingerprint density at radius 3 is 2.59 bits per heavy atom. The molecule has 1 aliphatic carbocycles. The Hall–Kier alpha value is -0.730. The van der Waals surface area contributed by atoms with Crippen molar-refractivity contribution in [3.8, 4) is 5.75 Å². The molecule has 2 rings (SSSR count). The zero-order valence-electron chi connectivity index (χ0n) is 10.4. The molecule has 1 aliphatic rings. The van der Waals surface area contributed by atoms with Gasteiger partial charge in [0.25, 0.3) is 0 Å². The van der Waals surface area contributed by atoms with Crippen LogP contribution in [-0.4, -0.2) is 24.2 Å². The molecule has 0 radical (unpaired) electrons. The molecule has 2 nitrogen and oxygen atoms in total. The summed E-state index contributed by atoms with van der Waals surface area (Å²) in [5, 5.41) is 0.0944. The minimum Gasteiger partial charge on any atom is -0.488 e. The molecule has 1 aromatic rings. The number of rotatable bonds is 5. The van der Waals surface area contributed by atoms with E-state index in [1.165, 1.54) is 5.56 Å². The van der Waals surface area contributed by atoms with Crippen LogP contribution in [0.5, 0.6) is 5.75 Å². The Labute approximate surface area is 108 Å². The van der Waals surface area contributed by atoms with E-state index in [-0.39, 0.29) is 17.6 Å². The largest absolute Gasteiger partial charge is 0.488 e. The zero-order valence-corrected chi connectivity index (χ0v) is 11.1. The van der Waals surface area contributed by atoms with Crippen molar-refractivity contribution in [3.63, 3.8) is 0 Å². The molecule has 0 heterocycles. The molecule has 0 N–H and O–H groups in total. The summed E-state index contributed by atoms with van der Waals surface area (Å²) in [5.41, 5.74) is 1.24. The molecule has 0 amide bonds. The van der Waals surface area contributed by atoms with E-state index < -0.39 is 0 Å². The number of benzene rings is 1. The van der Waals surface area contributed by atoms with Gasteiger partial charge in [-0.1, -0.05) is 24.6 Å². The van der Waals surface area contributed by atoms with E-state index in [0.717, 1.165) is 25.2 Å². The van der Waals surface area contributed by atoms with Gasteiger partial charge in [-0.05, 0) is 25.5 Å². The lowest BCUT2D eigenvalue weighted by atomic mass is 9.91. The number of halogens is 1. The van der Waals surface area contributed by atoms with Crippen molar-refractivity contribution < 1.29 is 9.47 Å². The molecular formula is C14H19ClO2. The lowest BCUT2D eigenvalue weighted by Gasteiger charge is -2.40. The van der Waals surface area contributed by atoms with Crippen molar-refractivity contribution >= 4 is 11.6 Å². The third kappa shape index (κ3) is 3.14. The lowest BCUT2D eigenvalue weighted by Crippen LogP contribution is -2.52. The van der Waals surface area contributed by atoms with E-state index in [9.17, 15) is 0 Å². The fraction of sp³-hybridized carbons (Fsp3) is 0.571. The highest BCUT2D eigenvalue weighted by Crippen LogP contribution is 2.33. The van der Waals surface area contributed by atoms with Gasteiger partial charge in [-0.25, -0.2) is 0 Å². The molecule has 1 saturated carbocycles. The van der Waals surface area contributed by atoms with Crippen LogP contribution in [0.2, 0.25) is 0 Å². The molecule has 3 atom stereocenters. The summed E-state index contributed by atoms with van der Waals surface area (Å²) in [7, 11) is 0. The predicted molar refractivity (Wildman–Crippen MR) is 69.9 cm³/mol. The number of hydrogen-bond acceptors (Lipinski definition) is 2. The Kier molecular flexibility index (Phi) is 4.30. The molecule has 3 unspecified atom stereocenters. The second-order valence-electron chi connectivity index (χ2n) is 4.56. The molecule has 3 heteroatoms. The maximum atomic E-state index is 6.13.